The van der Waals surface area contributed by atoms with Gasteiger partial charge in [-0.1, -0.05) is 12.1 Å². The lowest BCUT2D eigenvalue weighted by molar-refractivity contribution is -0.140. The molecule has 2 aromatic rings. The highest BCUT2D eigenvalue weighted by Gasteiger charge is 2.33. The Morgan fingerprint density at radius 2 is 1.90 bits per heavy atom. The topological polar surface area (TPSA) is 78.4 Å². The van der Waals surface area contributed by atoms with Crippen LogP contribution in [0.1, 0.15) is 40.5 Å². The number of nitrogens with one attached hydrogen (secondary N) is 3. The minimum absolute atomic E-state index is 0. The molecule has 0 radical (unpaired) electrons. The van der Waals surface area contributed by atoms with Crippen molar-refractivity contribution in [3.05, 3.63) is 51.5 Å². The van der Waals surface area contributed by atoms with Gasteiger partial charge in [-0.3, -0.25) is 4.79 Å². The van der Waals surface area contributed by atoms with Gasteiger partial charge in [0.1, 0.15) is 5.01 Å². The first-order chi connectivity index (χ1) is 13.3. The lowest BCUT2D eigenvalue weighted by Gasteiger charge is -2.10. The molecule has 29 heavy (non-hydrogen) atoms. The minimum Gasteiger partial charge on any atom is -0.357 e. The summed E-state index contributed by atoms with van der Waals surface area (Å²) in [6.07, 6.45) is -4.44. The smallest absolute Gasteiger partial charge is 0.357 e. The maximum atomic E-state index is 12.6. The fraction of sp³-hybridized carbons (Fsp3) is 0.389. The number of aromatic nitrogens is 1. The van der Waals surface area contributed by atoms with Crippen LogP contribution in [0, 0.1) is 0 Å². The van der Waals surface area contributed by atoms with E-state index in [4.69, 9.17) is 0 Å². The van der Waals surface area contributed by atoms with Crippen LogP contribution >= 0.6 is 35.3 Å². The van der Waals surface area contributed by atoms with Gasteiger partial charge in [0.05, 0.1) is 13.1 Å². The van der Waals surface area contributed by atoms with Gasteiger partial charge < -0.3 is 16.0 Å². The first kappa shape index (κ1) is 25.1. The molecule has 11 heteroatoms. The number of nitrogens with zero attached hydrogens (tertiary/aromatic N) is 2. The maximum Gasteiger partial charge on any atom is 0.434 e. The van der Waals surface area contributed by atoms with Crippen LogP contribution in [0.2, 0.25) is 0 Å². The van der Waals surface area contributed by atoms with E-state index in [1.165, 1.54) is 0 Å². The zero-order valence-electron chi connectivity index (χ0n) is 16.0. The summed E-state index contributed by atoms with van der Waals surface area (Å²) >= 11 is 0.940. The van der Waals surface area contributed by atoms with Crippen LogP contribution in [0.25, 0.3) is 0 Å². The predicted molar refractivity (Wildman–Crippen MR) is 119 cm³/mol. The maximum absolute atomic E-state index is 12.6. The van der Waals surface area contributed by atoms with Crippen LogP contribution in [0.3, 0.4) is 0 Å². The molecular formula is C18H23F3IN5OS. The van der Waals surface area contributed by atoms with Crippen LogP contribution in [-0.4, -0.2) is 29.9 Å². The Hall–Kier alpha value is -1.89. The van der Waals surface area contributed by atoms with Gasteiger partial charge in [0.15, 0.2) is 11.7 Å². The minimum atomic E-state index is -4.44. The molecule has 0 fully saturated rings. The summed E-state index contributed by atoms with van der Waals surface area (Å²) in [4.78, 5) is 19.9. The summed E-state index contributed by atoms with van der Waals surface area (Å²) in [7, 11) is 0. The molecule has 0 spiro atoms. The Balaban J connectivity index is 0.00000420. The fourth-order valence-electron chi connectivity index (χ4n) is 2.27. The number of halogens is 4. The van der Waals surface area contributed by atoms with Gasteiger partial charge in [0.2, 0.25) is 0 Å². The second kappa shape index (κ2) is 12.0. The first-order valence-corrected chi connectivity index (χ1v) is 9.62. The summed E-state index contributed by atoms with van der Waals surface area (Å²) in [5, 5.41) is 10.1. The molecule has 0 unspecified atom stereocenters. The molecule has 2 rings (SSSR count). The van der Waals surface area contributed by atoms with E-state index in [2.05, 4.69) is 25.9 Å². The van der Waals surface area contributed by atoms with Gasteiger partial charge in [0, 0.05) is 24.0 Å². The van der Waals surface area contributed by atoms with Crippen molar-refractivity contribution in [2.24, 2.45) is 4.99 Å². The highest BCUT2D eigenvalue weighted by Crippen LogP contribution is 2.29. The zero-order chi connectivity index (χ0) is 20.6. The summed E-state index contributed by atoms with van der Waals surface area (Å²) < 4.78 is 37.9. The van der Waals surface area contributed by atoms with Crippen molar-refractivity contribution in [2.45, 2.75) is 33.1 Å². The van der Waals surface area contributed by atoms with E-state index in [1.807, 2.05) is 19.9 Å². The van der Waals surface area contributed by atoms with Crippen molar-refractivity contribution in [2.75, 3.05) is 13.1 Å². The molecule has 0 aliphatic rings. The van der Waals surface area contributed by atoms with E-state index in [0.717, 1.165) is 22.3 Å². The predicted octanol–water partition coefficient (Wildman–Crippen LogP) is 3.78. The summed E-state index contributed by atoms with van der Waals surface area (Å²) in [6.45, 7) is 5.32. The SMILES string of the molecule is CCNC(=O)c1cccc(CN=C(NCC)NCc2nc(C(F)(F)F)cs2)c1.I. The number of amides is 1. The van der Waals surface area contributed by atoms with Gasteiger partial charge in [-0.2, -0.15) is 13.2 Å². The van der Waals surface area contributed by atoms with Crippen LogP contribution in [0.5, 0.6) is 0 Å². The second-order valence-corrected chi connectivity index (χ2v) is 6.68. The third-order valence-electron chi connectivity index (χ3n) is 3.54. The number of hydrogen-bond donors (Lipinski definition) is 3. The van der Waals surface area contributed by atoms with Crippen molar-refractivity contribution in [3.63, 3.8) is 0 Å². The van der Waals surface area contributed by atoms with Gasteiger partial charge in [-0.05, 0) is 31.5 Å². The number of thiazole rings is 1. The number of rotatable bonds is 7. The molecule has 0 saturated carbocycles. The van der Waals surface area contributed by atoms with E-state index in [1.54, 1.807) is 18.2 Å². The summed E-state index contributed by atoms with van der Waals surface area (Å²) in [5.74, 6) is 0.303. The first-order valence-electron chi connectivity index (χ1n) is 8.74. The number of guanidine groups is 1. The molecule has 1 aromatic carbocycles. The highest BCUT2D eigenvalue weighted by molar-refractivity contribution is 14.0. The van der Waals surface area contributed by atoms with Crippen LogP contribution < -0.4 is 16.0 Å². The van der Waals surface area contributed by atoms with Crippen molar-refractivity contribution in [1.82, 2.24) is 20.9 Å². The molecule has 1 heterocycles. The third kappa shape index (κ3) is 8.17. The van der Waals surface area contributed by atoms with Crippen molar-refractivity contribution >= 4 is 47.2 Å². The number of carbonyl (C=O) groups is 1. The normalized spacial score (nSPS) is 11.6. The fourth-order valence-corrected chi connectivity index (χ4v) is 3.01. The molecular weight excluding hydrogens is 518 g/mol. The van der Waals surface area contributed by atoms with Crippen molar-refractivity contribution in [1.29, 1.82) is 0 Å². The van der Waals surface area contributed by atoms with Crippen molar-refractivity contribution < 1.29 is 18.0 Å². The monoisotopic (exact) mass is 541 g/mol. The Bertz CT molecular complexity index is 826. The Morgan fingerprint density at radius 1 is 1.17 bits per heavy atom. The van der Waals surface area contributed by atoms with Crippen LogP contribution in [0.4, 0.5) is 13.2 Å². The average molecular weight is 541 g/mol. The van der Waals surface area contributed by atoms with Crippen LogP contribution in [-0.2, 0) is 19.3 Å². The van der Waals surface area contributed by atoms with Gasteiger partial charge in [-0.25, -0.2) is 9.98 Å². The molecule has 1 amide bonds. The molecule has 0 aliphatic heterocycles. The number of alkyl halides is 3. The number of benzene rings is 1. The molecule has 6 nitrogen and oxygen atoms in total. The van der Waals surface area contributed by atoms with E-state index in [9.17, 15) is 18.0 Å². The Morgan fingerprint density at radius 3 is 2.52 bits per heavy atom. The van der Waals surface area contributed by atoms with Gasteiger partial charge >= 0.3 is 6.18 Å². The molecule has 0 atom stereocenters. The quantitative estimate of drug-likeness (QED) is 0.283. The number of carbonyl (C=O) groups excluding carboxylic acids is 1. The number of hydrogen-bond acceptors (Lipinski definition) is 4. The van der Waals surface area contributed by atoms with E-state index < -0.39 is 11.9 Å². The van der Waals surface area contributed by atoms with E-state index in [-0.39, 0.29) is 36.4 Å². The molecule has 0 saturated heterocycles. The zero-order valence-corrected chi connectivity index (χ0v) is 19.1. The van der Waals surface area contributed by atoms with E-state index >= 15 is 0 Å². The Kier molecular flexibility index (Phi) is 10.4. The molecule has 1 aromatic heterocycles. The van der Waals surface area contributed by atoms with Crippen molar-refractivity contribution in [3.8, 4) is 0 Å². The number of aliphatic imine (C=N–C) groups is 1. The van der Waals surface area contributed by atoms with Crippen LogP contribution in [0.15, 0.2) is 34.6 Å². The third-order valence-corrected chi connectivity index (χ3v) is 4.39. The van der Waals surface area contributed by atoms with Gasteiger partial charge in [0.25, 0.3) is 5.91 Å². The lowest BCUT2D eigenvalue weighted by Crippen LogP contribution is -2.36. The second-order valence-electron chi connectivity index (χ2n) is 5.73. The lowest BCUT2D eigenvalue weighted by atomic mass is 10.1. The standard InChI is InChI=1S/C18H22F3N5OS.HI/c1-3-22-16(27)13-7-5-6-12(8-13)9-24-17(23-4-2)25-10-15-26-14(11-28-15)18(19,20)21;/h5-8,11H,3-4,9-10H2,1-2H3,(H,22,27)(H2,23,24,25);1H. The Labute approximate surface area is 188 Å². The molecule has 160 valence electrons. The summed E-state index contributed by atoms with van der Waals surface area (Å²) in [5.41, 5.74) is 0.503. The largest absolute Gasteiger partial charge is 0.434 e. The highest BCUT2D eigenvalue weighted by atomic mass is 127. The molecule has 0 aliphatic carbocycles. The average Bonchev–Trinajstić information content (AvgIpc) is 3.14. The van der Waals surface area contributed by atoms with Gasteiger partial charge in [-0.15, -0.1) is 35.3 Å². The van der Waals surface area contributed by atoms with E-state index in [0.29, 0.717) is 36.2 Å². The summed E-state index contributed by atoms with van der Waals surface area (Å²) in [6, 6.07) is 7.12. The molecule has 0 bridgehead atoms. The molecule has 3 N–H and O–H groups in total.